The van der Waals surface area contributed by atoms with E-state index in [1.807, 2.05) is 0 Å². The van der Waals surface area contributed by atoms with Gasteiger partial charge < -0.3 is 14.1 Å². The van der Waals surface area contributed by atoms with Crippen LogP contribution in [0.25, 0.3) is 0 Å². The van der Waals surface area contributed by atoms with Crippen molar-refractivity contribution in [2.45, 2.75) is 32.9 Å². The summed E-state index contributed by atoms with van der Waals surface area (Å²) < 4.78 is 211. The van der Waals surface area contributed by atoms with Gasteiger partial charge in [-0.15, -0.1) is 0 Å². The van der Waals surface area contributed by atoms with Crippen LogP contribution in [0.5, 0.6) is 0 Å². The van der Waals surface area contributed by atoms with Crippen LogP contribution in [0.3, 0.4) is 0 Å². The zero-order chi connectivity index (χ0) is 29.0. The van der Waals surface area contributed by atoms with Gasteiger partial charge in [0, 0.05) is 39.3 Å². The van der Waals surface area contributed by atoms with Crippen LogP contribution in [0.4, 0.5) is 52.7 Å². The fourth-order valence-corrected chi connectivity index (χ4v) is 3.72. The average molecular weight is 922 g/mol. The maximum atomic E-state index is 12.7. The summed E-state index contributed by atoms with van der Waals surface area (Å²) in [5.41, 5.74) is 0. The fourth-order valence-electron chi connectivity index (χ4n) is 0.845. The monoisotopic (exact) mass is 917 g/mol. The van der Waals surface area contributed by atoms with E-state index in [0.29, 0.717) is 0 Å². The molecule has 0 radical (unpaired) electrons. The standard InChI is InChI=1S/C3Br2F6O4S2.C3H2F6O4S2.Br2.2Na/c4-16(12,13)2(8,9)1(6,7)3(10,11)17(5,14)15;4-1(5,2(6,7)14-13-10)3(8,9)15(11)12;1-2;;/h;10H,(H,11,12);;;/q;;;2*+1/p-2. The summed E-state index contributed by atoms with van der Waals surface area (Å²) in [5.74, 6) is -13.0. The van der Waals surface area contributed by atoms with E-state index in [9.17, 15) is 78.3 Å². The summed E-state index contributed by atoms with van der Waals surface area (Å²) in [6.07, 6.45) is 0. The van der Waals surface area contributed by atoms with Gasteiger partial charge in [0.1, 0.15) is 0 Å². The molecule has 0 aromatic carbocycles. The molecule has 1 unspecified atom stereocenters. The molecule has 1 atom stereocenters. The molecule has 36 heavy (non-hydrogen) atoms. The summed E-state index contributed by atoms with van der Waals surface area (Å²) in [5, 5.41) is -15.2. The summed E-state index contributed by atoms with van der Waals surface area (Å²) >= 11 is 1.10. The first-order valence-corrected chi connectivity index (χ1v) is 18.1. The number of alkyl halides is 12. The first kappa shape index (κ1) is 49.1. The van der Waals surface area contributed by atoms with Crippen LogP contribution in [0.15, 0.2) is 0 Å². The Morgan fingerprint density at radius 3 is 1.11 bits per heavy atom. The molecule has 0 amide bonds. The molecule has 0 aliphatic carbocycles. The third-order valence-corrected chi connectivity index (χ3v) is 7.81. The summed E-state index contributed by atoms with van der Waals surface area (Å²) in [7, 11) is -12.3. The van der Waals surface area contributed by atoms with Crippen LogP contribution in [-0.4, -0.2) is 58.5 Å². The zero-order valence-corrected chi connectivity index (χ0v) is 29.6. The number of hydrogen-bond acceptors (Lipinski definition) is 9. The molecular weight excluding hydrogens is 922 g/mol. The first-order chi connectivity index (χ1) is 14.5. The Balaban J connectivity index is -0.000000159. The van der Waals surface area contributed by atoms with Gasteiger partial charge in [0.2, 0.25) is 0 Å². The largest absolute Gasteiger partial charge is 1.00 e. The van der Waals surface area contributed by atoms with Gasteiger partial charge in [0.25, 0.3) is 16.5 Å². The molecule has 0 aromatic rings. The Kier molecular flexibility index (Phi) is 23.0. The summed E-state index contributed by atoms with van der Waals surface area (Å²) in [4.78, 5) is 0. The van der Waals surface area contributed by atoms with E-state index in [0.717, 1.165) is 29.6 Å². The van der Waals surface area contributed by atoms with Crippen molar-refractivity contribution in [1.82, 2.24) is 0 Å². The van der Waals surface area contributed by atoms with Crippen LogP contribution in [0.2, 0.25) is 0 Å². The molecule has 0 saturated carbocycles. The maximum Gasteiger partial charge on any atom is 1.00 e. The minimum absolute atomic E-state index is 0. The maximum absolute atomic E-state index is 12.7. The predicted molar refractivity (Wildman–Crippen MR) is 101 cm³/mol. The molecule has 0 spiro atoms. The Bertz CT molecular complexity index is 879. The smallest absolute Gasteiger partial charge is 0.768 e. The first-order valence-electron chi connectivity index (χ1n) is 5.87. The van der Waals surface area contributed by atoms with E-state index in [1.165, 1.54) is 0 Å². The van der Waals surface area contributed by atoms with Crippen LogP contribution in [0, 0.1) is 0 Å². The van der Waals surface area contributed by atoms with Gasteiger partial charge in [-0.1, -0.05) is 0 Å². The van der Waals surface area contributed by atoms with Crippen molar-refractivity contribution < 1.29 is 147 Å². The molecule has 0 rings (SSSR count). The van der Waals surface area contributed by atoms with Gasteiger partial charge >= 0.3 is 92.0 Å². The van der Waals surface area contributed by atoms with Crippen molar-refractivity contribution in [2.24, 2.45) is 0 Å². The Labute approximate surface area is 273 Å². The number of hydrogen-bond donors (Lipinski definition) is 0. The van der Waals surface area contributed by atoms with E-state index in [-0.39, 0.29) is 59.1 Å². The summed E-state index contributed by atoms with van der Waals surface area (Å²) in [6.45, 7) is 0. The van der Waals surface area contributed by atoms with Gasteiger partial charge in [-0.3, -0.25) is 4.21 Å². The molecule has 210 valence electrons. The van der Waals surface area contributed by atoms with Gasteiger partial charge in [-0.05, 0) is 0 Å². The number of rotatable bonds is 9. The second kappa shape index (κ2) is 16.9. The zero-order valence-electron chi connectivity index (χ0n) is 15.9. The molecule has 8 nitrogen and oxygen atoms in total. The molecular formula is C6Br4F12Na2O8S4. The molecule has 30 heteroatoms. The minimum Gasteiger partial charge on any atom is -0.768 e. The Morgan fingerprint density at radius 1 is 0.694 bits per heavy atom. The van der Waals surface area contributed by atoms with Gasteiger partial charge in [-0.25, -0.2) is 16.8 Å². The average Bonchev–Trinajstić information content (AvgIpc) is 2.61. The molecule has 0 bridgehead atoms. The van der Waals surface area contributed by atoms with Crippen molar-refractivity contribution in [2.75, 3.05) is 0 Å². The Morgan fingerprint density at radius 2 is 0.944 bits per heavy atom. The van der Waals surface area contributed by atoms with E-state index >= 15 is 0 Å². The molecule has 0 N–H and O–H groups in total. The Hall–Kier alpha value is 3.36. The SMILES string of the molecule is BrBr.O=S(=O)(Br)C(F)(F)C(F)(F)C(F)(F)S(=O)(=O)Br.O=S([O-])C(F)(F)C(F)(F)C(F)(F)SO[O-].[Na+].[Na+]. The van der Waals surface area contributed by atoms with Gasteiger partial charge in [-0.2, -0.15) is 52.7 Å². The molecule has 0 aliphatic rings. The van der Waals surface area contributed by atoms with Gasteiger partial charge in [0.15, 0.2) is 0 Å². The molecule has 0 fully saturated rings. The normalized spacial score (nSPS) is 14.6. The molecule has 0 aromatic heterocycles. The fraction of sp³-hybridized carbons (Fsp3) is 1.00. The van der Waals surface area contributed by atoms with Gasteiger partial charge in [0.05, 0.1) is 41.7 Å². The topological polar surface area (TPSA) is 141 Å². The van der Waals surface area contributed by atoms with E-state index in [2.05, 4.69) is 32.6 Å². The van der Waals surface area contributed by atoms with E-state index in [4.69, 9.17) is 5.26 Å². The van der Waals surface area contributed by atoms with E-state index < -0.39 is 72.5 Å². The number of halogens is 16. The molecule has 0 heterocycles. The van der Waals surface area contributed by atoms with Crippen LogP contribution >= 0.6 is 69.9 Å². The predicted octanol–water partition coefficient (Wildman–Crippen LogP) is -1.42. The minimum atomic E-state index is -6.68. The third-order valence-electron chi connectivity index (χ3n) is 2.42. The van der Waals surface area contributed by atoms with Crippen molar-refractivity contribution >= 4 is 97.5 Å². The van der Waals surface area contributed by atoms with Crippen LogP contribution in [0.1, 0.15) is 0 Å². The second-order valence-electron chi connectivity index (χ2n) is 4.48. The van der Waals surface area contributed by atoms with Crippen molar-refractivity contribution in [3.05, 3.63) is 0 Å². The molecule has 0 saturated heterocycles. The van der Waals surface area contributed by atoms with Crippen molar-refractivity contribution in [1.29, 1.82) is 0 Å². The van der Waals surface area contributed by atoms with E-state index in [1.54, 1.807) is 0 Å². The molecule has 0 aliphatic heterocycles. The van der Waals surface area contributed by atoms with Crippen molar-refractivity contribution in [3.8, 4) is 0 Å². The van der Waals surface area contributed by atoms with Crippen molar-refractivity contribution in [3.63, 3.8) is 0 Å². The van der Waals surface area contributed by atoms with Crippen LogP contribution < -0.4 is 64.4 Å². The van der Waals surface area contributed by atoms with Crippen LogP contribution in [-0.2, 0) is 32.0 Å². The quantitative estimate of drug-likeness (QED) is 0.0519. The third kappa shape index (κ3) is 10.9. The second-order valence-corrected chi connectivity index (χ2v) is 14.2. The summed E-state index contributed by atoms with van der Waals surface area (Å²) in [6, 6.07) is 0.